The highest BCUT2D eigenvalue weighted by Crippen LogP contribution is 2.46. The zero-order valence-corrected chi connectivity index (χ0v) is 13.7. The van der Waals surface area contributed by atoms with E-state index in [9.17, 15) is 19.6 Å². The van der Waals surface area contributed by atoms with Crippen molar-refractivity contribution in [1.29, 1.82) is 0 Å². The number of aromatic nitrogens is 4. The number of aliphatic hydroxyl groups excluding tert-OH is 2. The molecule has 25 heavy (non-hydrogen) atoms. The minimum absolute atomic E-state index is 0.0173. The van der Waals surface area contributed by atoms with Gasteiger partial charge in [0.15, 0.2) is 16.9 Å². The number of hydrogen-bond donors (Lipinski definition) is 6. The van der Waals surface area contributed by atoms with Gasteiger partial charge in [0.1, 0.15) is 18.3 Å². The molecule has 1 aliphatic rings. The molecule has 1 aliphatic heterocycles. The number of phosphoric acid groups is 1. The van der Waals surface area contributed by atoms with Gasteiger partial charge in [-0.2, -0.15) is 4.98 Å². The van der Waals surface area contributed by atoms with E-state index in [2.05, 4.69) is 19.5 Å². The molecule has 2 aromatic heterocycles. The first kappa shape index (κ1) is 17.9. The van der Waals surface area contributed by atoms with Crippen LogP contribution < -0.4 is 11.3 Å². The number of nitrogen functional groups attached to an aromatic ring is 1. The fraction of sp³-hybridized carbons (Fsp3) is 0.545. The Labute approximate surface area is 139 Å². The van der Waals surface area contributed by atoms with Crippen molar-refractivity contribution >= 4 is 24.9 Å². The lowest BCUT2D eigenvalue weighted by atomic mass is 10.0. The largest absolute Gasteiger partial charge is 0.470 e. The van der Waals surface area contributed by atoms with E-state index < -0.39 is 44.0 Å². The van der Waals surface area contributed by atoms with Gasteiger partial charge in [0.05, 0.1) is 12.9 Å². The number of rotatable bonds is 4. The second-order valence-electron chi connectivity index (χ2n) is 5.64. The molecule has 1 saturated heterocycles. The Morgan fingerprint density at radius 2 is 2.24 bits per heavy atom. The molecule has 0 bridgehead atoms. The van der Waals surface area contributed by atoms with Gasteiger partial charge in [-0.25, -0.2) is 9.55 Å². The highest BCUT2D eigenvalue weighted by Gasteiger charge is 2.56. The Morgan fingerprint density at radius 1 is 1.56 bits per heavy atom. The Kier molecular flexibility index (Phi) is 4.20. The molecule has 0 radical (unpaired) electrons. The normalized spacial score (nSPS) is 30.2. The van der Waals surface area contributed by atoms with Crippen LogP contribution in [0.5, 0.6) is 0 Å². The molecule has 138 valence electrons. The van der Waals surface area contributed by atoms with E-state index in [4.69, 9.17) is 20.3 Å². The van der Waals surface area contributed by atoms with Gasteiger partial charge in [0.25, 0.3) is 5.56 Å². The zero-order chi connectivity index (χ0) is 18.6. The Morgan fingerprint density at radius 3 is 2.84 bits per heavy atom. The van der Waals surface area contributed by atoms with Crippen LogP contribution in [0.25, 0.3) is 11.2 Å². The Balaban J connectivity index is 2.10. The lowest BCUT2D eigenvalue weighted by Crippen LogP contribution is -2.43. The van der Waals surface area contributed by atoms with Crippen molar-refractivity contribution in [2.45, 2.75) is 31.0 Å². The van der Waals surface area contributed by atoms with Crippen molar-refractivity contribution in [2.75, 3.05) is 12.3 Å². The van der Waals surface area contributed by atoms with Crippen LogP contribution in [-0.4, -0.2) is 64.4 Å². The van der Waals surface area contributed by atoms with Crippen LogP contribution >= 0.6 is 7.82 Å². The molecule has 1 fully saturated rings. The number of nitrogens with one attached hydrogen (secondary N) is 1. The molecule has 7 N–H and O–H groups in total. The maximum atomic E-state index is 11.9. The van der Waals surface area contributed by atoms with Crippen LogP contribution in [0.3, 0.4) is 0 Å². The van der Waals surface area contributed by atoms with Crippen LogP contribution in [0.4, 0.5) is 5.95 Å². The third-order valence-electron chi connectivity index (χ3n) is 3.96. The molecule has 0 aliphatic carbocycles. The molecule has 14 heteroatoms. The molecule has 0 aromatic carbocycles. The number of hydrogen-bond acceptors (Lipinski definition) is 9. The summed E-state index contributed by atoms with van der Waals surface area (Å²) in [6.45, 7) is 0.684. The first-order valence-corrected chi connectivity index (χ1v) is 8.54. The molecule has 0 unspecified atom stereocenters. The third kappa shape index (κ3) is 2.95. The minimum atomic E-state index is -4.97. The van der Waals surface area contributed by atoms with Gasteiger partial charge in [0, 0.05) is 0 Å². The standard InChI is InChI=1S/C11H16N5O8P/c1-11(7(18)6(4(2-17)23-11)24-25(20,21)22)16-3-13-5-8(16)14-10(12)15-9(5)19/h3-4,6-7,17-18H,2H2,1H3,(H2,20,21,22)(H3,12,14,15,19)/t4-,6-,7-,11-/m1/s1. The maximum Gasteiger partial charge on any atom is 0.470 e. The second-order valence-corrected chi connectivity index (χ2v) is 6.83. The maximum absolute atomic E-state index is 11.9. The fourth-order valence-corrected chi connectivity index (χ4v) is 3.40. The SMILES string of the molecule is C[C@@]1(n2cnc3c(=O)[nH]c(N)nc32)O[C@H](CO)[C@@H](OP(=O)(O)O)[C@H]1O. The molecule has 3 rings (SSSR count). The Hall–Kier alpha value is -1.86. The van der Waals surface area contributed by atoms with Crippen molar-refractivity contribution in [3.63, 3.8) is 0 Å². The number of fused-ring (bicyclic) bond motifs is 1. The van der Waals surface area contributed by atoms with E-state index in [1.807, 2.05) is 0 Å². The number of phosphoric ester groups is 1. The summed E-state index contributed by atoms with van der Waals surface area (Å²) < 4.78 is 22.4. The number of anilines is 1. The van der Waals surface area contributed by atoms with Gasteiger partial charge >= 0.3 is 7.82 Å². The number of imidazole rings is 1. The minimum Gasteiger partial charge on any atom is -0.394 e. The average molecular weight is 377 g/mol. The van der Waals surface area contributed by atoms with Gasteiger partial charge in [-0.3, -0.25) is 18.9 Å². The number of nitrogens with two attached hydrogens (primary N) is 1. The molecule has 3 heterocycles. The number of nitrogens with zero attached hydrogens (tertiary/aromatic N) is 3. The summed E-state index contributed by atoms with van der Waals surface area (Å²) in [5, 5.41) is 19.9. The lowest BCUT2D eigenvalue weighted by molar-refractivity contribution is -0.132. The highest BCUT2D eigenvalue weighted by atomic mass is 31.2. The third-order valence-corrected chi connectivity index (χ3v) is 4.48. The summed E-state index contributed by atoms with van der Waals surface area (Å²) in [6.07, 6.45) is -3.25. The summed E-state index contributed by atoms with van der Waals surface area (Å²) >= 11 is 0. The van der Waals surface area contributed by atoms with Crippen molar-refractivity contribution in [1.82, 2.24) is 19.5 Å². The van der Waals surface area contributed by atoms with Gasteiger partial charge in [-0.1, -0.05) is 0 Å². The summed E-state index contributed by atoms with van der Waals surface area (Å²) in [5.74, 6) is -0.197. The molecular formula is C11H16N5O8P. The van der Waals surface area contributed by atoms with Crippen LogP contribution in [0.15, 0.2) is 11.1 Å². The molecule has 0 amide bonds. The number of ether oxygens (including phenoxy) is 1. The summed E-state index contributed by atoms with van der Waals surface area (Å²) in [6, 6.07) is 0. The predicted molar refractivity (Wildman–Crippen MR) is 81.1 cm³/mol. The van der Waals surface area contributed by atoms with Crippen molar-refractivity contribution in [2.24, 2.45) is 0 Å². The van der Waals surface area contributed by atoms with Gasteiger partial charge in [0.2, 0.25) is 5.95 Å². The summed E-state index contributed by atoms with van der Waals surface area (Å²) in [5.41, 5.74) is 3.12. The second kappa shape index (κ2) is 5.85. The molecule has 0 spiro atoms. The van der Waals surface area contributed by atoms with Gasteiger partial charge < -0.3 is 30.5 Å². The zero-order valence-electron chi connectivity index (χ0n) is 12.8. The summed E-state index contributed by atoms with van der Waals surface area (Å²) in [4.78, 5) is 40.0. The van der Waals surface area contributed by atoms with Crippen LogP contribution in [-0.2, 0) is 19.6 Å². The van der Waals surface area contributed by atoms with Crippen LogP contribution in [0.2, 0.25) is 0 Å². The van der Waals surface area contributed by atoms with Crippen molar-refractivity contribution in [3.8, 4) is 0 Å². The first-order valence-electron chi connectivity index (χ1n) is 7.01. The highest BCUT2D eigenvalue weighted by molar-refractivity contribution is 7.46. The fourth-order valence-electron chi connectivity index (χ4n) is 2.83. The van der Waals surface area contributed by atoms with Crippen LogP contribution in [0, 0.1) is 0 Å². The Bertz CT molecular complexity index is 907. The molecule has 0 saturated carbocycles. The average Bonchev–Trinajstić information content (AvgIpc) is 3.01. The van der Waals surface area contributed by atoms with E-state index in [0.29, 0.717) is 0 Å². The topological polar surface area (TPSA) is 206 Å². The van der Waals surface area contributed by atoms with E-state index in [1.165, 1.54) is 11.5 Å². The quantitative estimate of drug-likeness (QED) is 0.310. The van der Waals surface area contributed by atoms with E-state index in [1.54, 1.807) is 0 Å². The van der Waals surface area contributed by atoms with E-state index >= 15 is 0 Å². The molecule has 4 atom stereocenters. The lowest BCUT2D eigenvalue weighted by Gasteiger charge is -2.29. The van der Waals surface area contributed by atoms with Crippen LogP contribution in [0.1, 0.15) is 6.92 Å². The molecule has 2 aromatic rings. The number of aromatic amines is 1. The number of aliphatic hydroxyl groups is 2. The smallest absolute Gasteiger partial charge is 0.394 e. The molecule has 13 nitrogen and oxygen atoms in total. The van der Waals surface area contributed by atoms with Crippen molar-refractivity contribution < 1.29 is 33.8 Å². The number of H-pyrrole nitrogens is 1. The monoisotopic (exact) mass is 377 g/mol. The van der Waals surface area contributed by atoms with Gasteiger partial charge in [-0.15, -0.1) is 0 Å². The molecular weight excluding hydrogens is 361 g/mol. The summed E-state index contributed by atoms with van der Waals surface area (Å²) in [7, 11) is -4.97. The van der Waals surface area contributed by atoms with E-state index in [-0.39, 0.29) is 17.1 Å². The predicted octanol–water partition coefficient (Wildman–Crippen LogP) is -2.40. The van der Waals surface area contributed by atoms with Gasteiger partial charge in [-0.05, 0) is 6.92 Å². The van der Waals surface area contributed by atoms with E-state index in [0.717, 1.165) is 6.33 Å². The first-order chi connectivity index (χ1) is 11.6. The van der Waals surface area contributed by atoms with Crippen molar-refractivity contribution in [3.05, 3.63) is 16.7 Å².